The standard InChI is InChI=1S/C7H13BrN4O/c1-12-7(5(8)3-10-12)6(11-9)4-13-2/h3,6,11H,4,9H2,1-2H3. The Morgan fingerprint density at radius 2 is 2.54 bits per heavy atom. The lowest BCUT2D eigenvalue weighted by atomic mass is 10.2. The first-order chi connectivity index (χ1) is 6.20. The first-order valence-corrected chi connectivity index (χ1v) is 4.62. The molecule has 0 aliphatic carbocycles. The second kappa shape index (κ2) is 4.71. The van der Waals surface area contributed by atoms with E-state index in [0.717, 1.165) is 10.2 Å². The molecule has 74 valence electrons. The van der Waals surface area contributed by atoms with Gasteiger partial charge in [-0.2, -0.15) is 5.10 Å². The Morgan fingerprint density at radius 1 is 1.85 bits per heavy atom. The summed E-state index contributed by atoms with van der Waals surface area (Å²) in [5.74, 6) is 5.40. The summed E-state index contributed by atoms with van der Waals surface area (Å²) >= 11 is 3.39. The quantitative estimate of drug-likeness (QED) is 0.596. The Kier molecular flexibility index (Phi) is 3.86. The molecule has 0 aliphatic rings. The number of ether oxygens (including phenoxy) is 1. The molecule has 0 fully saturated rings. The van der Waals surface area contributed by atoms with Crippen LogP contribution >= 0.6 is 15.9 Å². The summed E-state index contributed by atoms with van der Waals surface area (Å²) in [6.07, 6.45) is 1.73. The molecule has 5 nitrogen and oxygen atoms in total. The highest BCUT2D eigenvalue weighted by Gasteiger charge is 2.16. The lowest BCUT2D eigenvalue weighted by Crippen LogP contribution is -2.32. The van der Waals surface area contributed by atoms with Crippen molar-refractivity contribution < 1.29 is 4.74 Å². The molecule has 0 aliphatic heterocycles. The maximum Gasteiger partial charge on any atom is 0.0873 e. The van der Waals surface area contributed by atoms with Gasteiger partial charge in [-0.1, -0.05) is 0 Å². The van der Waals surface area contributed by atoms with Crippen LogP contribution in [0, 0.1) is 0 Å². The number of nitrogens with zero attached hydrogens (tertiary/aromatic N) is 2. The first-order valence-electron chi connectivity index (χ1n) is 3.83. The average Bonchev–Trinajstić information content (AvgIpc) is 2.43. The van der Waals surface area contributed by atoms with Gasteiger partial charge in [0, 0.05) is 14.2 Å². The van der Waals surface area contributed by atoms with E-state index in [4.69, 9.17) is 10.6 Å². The molecule has 0 saturated carbocycles. The zero-order valence-electron chi connectivity index (χ0n) is 7.62. The number of methoxy groups -OCH3 is 1. The summed E-state index contributed by atoms with van der Waals surface area (Å²) in [6.45, 7) is 0.509. The second-order valence-electron chi connectivity index (χ2n) is 2.68. The van der Waals surface area contributed by atoms with E-state index in [-0.39, 0.29) is 6.04 Å². The third-order valence-electron chi connectivity index (χ3n) is 1.80. The van der Waals surface area contributed by atoms with Crippen LogP contribution in [0.2, 0.25) is 0 Å². The number of rotatable bonds is 4. The summed E-state index contributed by atoms with van der Waals surface area (Å²) in [5.41, 5.74) is 3.65. The maximum absolute atomic E-state index is 5.40. The van der Waals surface area contributed by atoms with Crippen LogP contribution in [0.5, 0.6) is 0 Å². The van der Waals surface area contributed by atoms with Gasteiger partial charge in [0.1, 0.15) is 0 Å². The van der Waals surface area contributed by atoms with Gasteiger partial charge in [0.25, 0.3) is 0 Å². The molecule has 1 rings (SSSR count). The number of hydrogen-bond donors (Lipinski definition) is 2. The number of nitrogens with two attached hydrogens (primary N) is 1. The van der Waals surface area contributed by atoms with E-state index in [1.807, 2.05) is 7.05 Å². The molecule has 1 heterocycles. The van der Waals surface area contributed by atoms with Gasteiger partial charge in [-0.25, -0.2) is 5.43 Å². The second-order valence-corrected chi connectivity index (χ2v) is 3.53. The molecule has 0 aromatic carbocycles. The summed E-state index contributed by atoms with van der Waals surface area (Å²) in [4.78, 5) is 0. The predicted molar refractivity (Wildman–Crippen MR) is 52.8 cm³/mol. The van der Waals surface area contributed by atoms with E-state index in [2.05, 4.69) is 26.5 Å². The molecule has 1 unspecified atom stereocenters. The molecular weight excluding hydrogens is 236 g/mol. The van der Waals surface area contributed by atoms with Crippen LogP contribution in [0.1, 0.15) is 11.7 Å². The van der Waals surface area contributed by atoms with E-state index in [9.17, 15) is 0 Å². The number of aryl methyl sites for hydroxylation is 1. The van der Waals surface area contributed by atoms with E-state index in [1.54, 1.807) is 18.0 Å². The number of hydrazine groups is 1. The average molecular weight is 249 g/mol. The van der Waals surface area contributed by atoms with Crippen molar-refractivity contribution in [2.45, 2.75) is 6.04 Å². The Morgan fingerprint density at radius 3 is 2.92 bits per heavy atom. The van der Waals surface area contributed by atoms with Crippen LogP contribution < -0.4 is 11.3 Å². The van der Waals surface area contributed by atoms with Crippen molar-refractivity contribution in [2.24, 2.45) is 12.9 Å². The summed E-state index contributed by atoms with van der Waals surface area (Å²) < 4.78 is 7.71. The van der Waals surface area contributed by atoms with Crippen molar-refractivity contribution in [3.8, 4) is 0 Å². The molecule has 0 radical (unpaired) electrons. The smallest absolute Gasteiger partial charge is 0.0873 e. The molecule has 0 spiro atoms. The molecule has 6 heteroatoms. The molecule has 13 heavy (non-hydrogen) atoms. The van der Waals surface area contributed by atoms with Gasteiger partial charge in [-0.15, -0.1) is 0 Å². The minimum atomic E-state index is -0.0492. The van der Waals surface area contributed by atoms with E-state index < -0.39 is 0 Å². The minimum absolute atomic E-state index is 0.0492. The Bertz CT molecular complexity index is 256. The van der Waals surface area contributed by atoms with Crippen LogP contribution in [0.25, 0.3) is 0 Å². The highest BCUT2D eigenvalue weighted by Crippen LogP contribution is 2.21. The topological polar surface area (TPSA) is 65.1 Å². The molecule has 1 aromatic heterocycles. The fourth-order valence-corrected chi connectivity index (χ4v) is 1.81. The first kappa shape index (κ1) is 10.6. The number of halogens is 1. The van der Waals surface area contributed by atoms with Gasteiger partial charge in [0.2, 0.25) is 0 Å². The van der Waals surface area contributed by atoms with Crippen molar-refractivity contribution in [2.75, 3.05) is 13.7 Å². The van der Waals surface area contributed by atoms with Crippen molar-refractivity contribution in [3.63, 3.8) is 0 Å². The predicted octanol–water partition coefficient (Wildman–Crippen LogP) is 0.333. The summed E-state index contributed by atoms with van der Waals surface area (Å²) in [7, 11) is 3.49. The summed E-state index contributed by atoms with van der Waals surface area (Å²) in [6, 6.07) is -0.0492. The van der Waals surface area contributed by atoms with Gasteiger partial charge < -0.3 is 4.74 Å². The normalized spacial score (nSPS) is 13.2. The summed E-state index contributed by atoms with van der Waals surface area (Å²) in [5, 5.41) is 4.09. The van der Waals surface area contributed by atoms with Crippen molar-refractivity contribution in [1.29, 1.82) is 0 Å². The molecule has 0 bridgehead atoms. The highest BCUT2D eigenvalue weighted by molar-refractivity contribution is 9.10. The van der Waals surface area contributed by atoms with Gasteiger partial charge in [0.05, 0.1) is 29.0 Å². The number of hydrogen-bond acceptors (Lipinski definition) is 4. The number of nitrogens with one attached hydrogen (secondary N) is 1. The van der Waals surface area contributed by atoms with Crippen LogP contribution in [-0.2, 0) is 11.8 Å². The fraction of sp³-hybridized carbons (Fsp3) is 0.571. The van der Waals surface area contributed by atoms with E-state index in [0.29, 0.717) is 6.61 Å². The molecule has 3 N–H and O–H groups in total. The van der Waals surface area contributed by atoms with Crippen LogP contribution in [-0.4, -0.2) is 23.5 Å². The van der Waals surface area contributed by atoms with E-state index >= 15 is 0 Å². The molecule has 1 aromatic rings. The van der Waals surface area contributed by atoms with Gasteiger partial charge in [-0.3, -0.25) is 10.5 Å². The van der Waals surface area contributed by atoms with Crippen molar-refractivity contribution in [1.82, 2.24) is 15.2 Å². The van der Waals surface area contributed by atoms with Gasteiger partial charge in [0.15, 0.2) is 0 Å². The van der Waals surface area contributed by atoms with Crippen molar-refractivity contribution >= 4 is 15.9 Å². The zero-order chi connectivity index (χ0) is 9.84. The molecule has 0 saturated heterocycles. The number of aromatic nitrogens is 2. The molecule has 1 atom stereocenters. The Balaban J connectivity index is 2.89. The third-order valence-corrected chi connectivity index (χ3v) is 2.41. The largest absolute Gasteiger partial charge is 0.383 e. The SMILES string of the molecule is COCC(NN)c1c(Br)cnn1C. The van der Waals surface area contributed by atoms with Crippen LogP contribution in [0.3, 0.4) is 0 Å². The monoisotopic (exact) mass is 248 g/mol. The van der Waals surface area contributed by atoms with Crippen LogP contribution in [0.15, 0.2) is 10.7 Å². The maximum atomic E-state index is 5.40. The highest BCUT2D eigenvalue weighted by atomic mass is 79.9. The van der Waals surface area contributed by atoms with Crippen LogP contribution in [0.4, 0.5) is 0 Å². The molecule has 0 amide bonds. The third kappa shape index (κ3) is 2.28. The lowest BCUT2D eigenvalue weighted by molar-refractivity contribution is 0.164. The Hall–Kier alpha value is -0.430. The minimum Gasteiger partial charge on any atom is -0.383 e. The van der Waals surface area contributed by atoms with Gasteiger partial charge >= 0.3 is 0 Å². The van der Waals surface area contributed by atoms with Crippen molar-refractivity contribution in [3.05, 3.63) is 16.4 Å². The Labute approximate surface area is 85.3 Å². The van der Waals surface area contributed by atoms with Gasteiger partial charge in [-0.05, 0) is 15.9 Å². The lowest BCUT2D eigenvalue weighted by Gasteiger charge is -2.15. The zero-order valence-corrected chi connectivity index (χ0v) is 9.21. The molecular formula is C7H13BrN4O. The van der Waals surface area contributed by atoms with E-state index in [1.165, 1.54) is 0 Å². The fourth-order valence-electron chi connectivity index (χ4n) is 1.18.